The fourth-order valence-electron chi connectivity index (χ4n) is 1.33. The van der Waals surface area contributed by atoms with Gasteiger partial charge in [-0.2, -0.15) is 0 Å². The van der Waals surface area contributed by atoms with Gasteiger partial charge >= 0.3 is 0 Å². The standard InChI is InChI=1S/C9H12BrNO2/c1-9(4-2-6-13-9)7-11-8(12)3-5-10/h2,4,6-7H2,1H3,(H,11,12). The van der Waals surface area contributed by atoms with Crippen molar-refractivity contribution in [3.8, 4) is 10.8 Å². The molecule has 1 fully saturated rings. The van der Waals surface area contributed by atoms with Crippen LogP contribution in [0.2, 0.25) is 0 Å². The van der Waals surface area contributed by atoms with Gasteiger partial charge in [0.15, 0.2) is 0 Å². The smallest absolute Gasteiger partial charge is 0.296 e. The third-order valence-corrected chi connectivity index (χ3v) is 2.28. The number of ether oxygens (including phenoxy) is 1. The number of halogens is 1. The molecule has 0 spiro atoms. The second-order valence-electron chi connectivity index (χ2n) is 3.30. The Kier molecular flexibility index (Phi) is 3.76. The van der Waals surface area contributed by atoms with Crippen LogP contribution in [0.3, 0.4) is 0 Å². The molecule has 4 heteroatoms. The Balaban J connectivity index is 2.31. The first-order chi connectivity index (χ1) is 6.16. The Morgan fingerprint density at radius 3 is 3.08 bits per heavy atom. The predicted molar refractivity (Wildman–Crippen MR) is 53.3 cm³/mol. The maximum absolute atomic E-state index is 11.0. The second-order valence-corrected chi connectivity index (χ2v) is 3.70. The zero-order valence-corrected chi connectivity index (χ0v) is 9.11. The van der Waals surface area contributed by atoms with E-state index in [1.807, 2.05) is 6.92 Å². The van der Waals surface area contributed by atoms with E-state index in [4.69, 9.17) is 4.74 Å². The fourth-order valence-corrected chi connectivity index (χ4v) is 1.51. The fraction of sp³-hybridized carbons (Fsp3) is 0.667. The molecule has 72 valence electrons. The highest BCUT2D eigenvalue weighted by atomic mass is 79.9. The molecule has 1 aliphatic heterocycles. The third-order valence-electron chi connectivity index (χ3n) is 2.08. The highest BCUT2D eigenvalue weighted by Gasteiger charge is 2.29. The molecule has 0 radical (unpaired) electrons. The molecule has 1 saturated heterocycles. The van der Waals surface area contributed by atoms with E-state index >= 15 is 0 Å². The summed E-state index contributed by atoms with van der Waals surface area (Å²) in [5.74, 6) is 2.08. The molecule has 0 aromatic carbocycles. The lowest BCUT2D eigenvalue weighted by atomic mass is 10.0. The van der Waals surface area contributed by atoms with Gasteiger partial charge in [0.1, 0.15) is 0 Å². The Hall–Kier alpha value is -0.530. The normalized spacial score (nSPS) is 26.3. The van der Waals surface area contributed by atoms with E-state index in [0.717, 1.165) is 19.4 Å². The number of carbonyl (C=O) groups excluding carboxylic acids is 1. The number of hydrogen-bond acceptors (Lipinski definition) is 2. The third kappa shape index (κ3) is 3.37. The van der Waals surface area contributed by atoms with E-state index < -0.39 is 0 Å². The predicted octanol–water partition coefficient (Wildman–Crippen LogP) is 1.03. The van der Waals surface area contributed by atoms with Gasteiger partial charge in [-0.15, -0.1) is 0 Å². The van der Waals surface area contributed by atoms with E-state index in [1.54, 1.807) is 0 Å². The molecule has 1 unspecified atom stereocenters. The maximum atomic E-state index is 11.0. The van der Waals surface area contributed by atoms with Gasteiger partial charge in [-0.1, -0.05) is 0 Å². The largest absolute Gasteiger partial charge is 0.373 e. The molecule has 0 bridgehead atoms. The van der Waals surface area contributed by atoms with Crippen molar-refractivity contribution in [3.63, 3.8) is 0 Å². The van der Waals surface area contributed by atoms with Gasteiger partial charge in [0.05, 0.1) is 5.60 Å². The van der Waals surface area contributed by atoms with Gasteiger partial charge in [0.25, 0.3) is 5.91 Å². The van der Waals surface area contributed by atoms with Crippen molar-refractivity contribution in [2.45, 2.75) is 25.4 Å². The maximum Gasteiger partial charge on any atom is 0.296 e. The minimum absolute atomic E-state index is 0.191. The van der Waals surface area contributed by atoms with E-state index in [-0.39, 0.29) is 11.5 Å². The lowest BCUT2D eigenvalue weighted by molar-refractivity contribution is -0.116. The summed E-state index contributed by atoms with van der Waals surface area (Å²) in [6.07, 6.45) is 2.06. The summed E-state index contributed by atoms with van der Waals surface area (Å²) in [4.78, 5) is 13.3. The van der Waals surface area contributed by atoms with Crippen LogP contribution in [-0.2, 0) is 9.53 Å². The van der Waals surface area contributed by atoms with Crippen LogP contribution < -0.4 is 5.32 Å². The molecule has 0 aliphatic carbocycles. The number of rotatable bonds is 2. The molecule has 1 rings (SSSR count). The first-order valence-electron chi connectivity index (χ1n) is 4.20. The minimum atomic E-state index is -0.270. The van der Waals surface area contributed by atoms with Crippen LogP contribution in [0.25, 0.3) is 0 Å². The Bertz CT molecular complexity index is 248. The molecule has 1 amide bonds. The molecule has 1 heterocycles. The molecule has 0 saturated carbocycles. The molecule has 3 nitrogen and oxygen atoms in total. The van der Waals surface area contributed by atoms with Crippen molar-refractivity contribution in [1.29, 1.82) is 0 Å². The molecule has 1 N–H and O–H groups in total. The summed E-state index contributed by atoms with van der Waals surface area (Å²) < 4.78 is 5.49. The van der Waals surface area contributed by atoms with Gasteiger partial charge in [0.2, 0.25) is 0 Å². The topological polar surface area (TPSA) is 38.3 Å². The van der Waals surface area contributed by atoms with Crippen LogP contribution in [-0.4, -0.2) is 24.7 Å². The van der Waals surface area contributed by atoms with Crippen molar-refractivity contribution >= 4 is 21.8 Å². The summed E-state index contributed by atoms with van der Waals surface area (Å²) in [6, 6.07) is 0. The number of hydrogen-bond donors (Lipinski definition) is 1. The first kappa shape index (κ1) is 10.6. The van der Waals surface area contributed by atoms with Crippen molar-refractivity contribution in [1.82, 2.24) is 5.32 Å². The van der Waals surface area contributed by atoms with Crippen LogP contribution in [0.1, 0.15) is 19.8 Å². The van der Waals surface area contributed by atoms with Crippen LogP contribution in [0.4, 0.5) is 0 Å². The molecule has 1 aliphatic rings. The molecule has 13 heavy (non-hydrogen) atoms. The van der Waals surface area contributed by atoms with E-state index in [1.165, 1.54) is 0 Å². The van der Waals surface area contributed by atoms with E-state index in [0.29, 0.717) is 6.54 Å². The summed E-state index contributed by atoms with van der Waals surface area (Å²) in [5, 5.41) is 2.70. The lowest BCUT2D eigenvalue weighted by Gasteiger charge is -2.22. The average molecular weight is 246 g/mol. The zero-order valence-electron chi connectivity index (χ0n) is 7.52. The first-order valence-corrected chi connectivity index (χ1v) is 4.99. The number of nitrogens with one attached hydrogen (secondary N) is 1. The molecular weight excluding hydrogens is 234 g/mol. The van der Waals surface area contributed by atoms with Gasteiger partial charge in [-0.3, -0.25) is 4.79 Å². The van der Waals surface area contributed by atoms with Gasteiger partial charge in [0, 0.05) is 35.0 Å². The summed E-state index contributed by atoms with van der Waals surface area (Å²) in [7, 11) is 0. The molecule has 0 aromatic heterocycles. The number of carbonyl (C=O) groups is 1. The summed E-state index contributed by atoms with van der Waals surface area (Å²) >= 11 is 2.86. The lowest BCUT2D eigenvalue weighted by Crippen LogP contribution is -2.39. The molecule has 1 atom stereocenters. The van der Waals surface area contributed by atoms with Gasteiger partial charge < -0.3 is 10.1 Å². The van der Waals surface area contributed by atoms with Crippen LogP contribution >= 0.6 is 15.9 Å². The highest BCUT2D eigenvalue weighted by molar-refractivity contribution is 9.12. The average Bonchev–Trinajstić information content (AvgIpc) is 2.51. The van der Waals surface area contributed by atoms with Crippen molar-refractivity contribution in [3.05, 3.63) is 0 Å². The van der Waals surface area contributed by atoms with Crippen molar-refractivity contribution in [2.75, 3.05) is 13.2 Å². The number of amides is 1. The van der Waals surface area contributed by atoms with Crippen LogP contribution in [0.15, 0.2) is 0 Å². The van der Waals surface area contributed by atoms with Crippen LogP contribution in [0, 0.1) is 10.8 Å². The van der Waals surface area contributed by atoms with Gasteiger partial charge in [-0.05, 0) is 24.6 Å². The van der Waals surface area contributed by atoms with Crippen LogP contribution in [0.5, 0.6) is 0 Å². The summed E-state index contributed by atoms with van der Waals surface area (Å²) in [5.41, 5.74) is -0.191. The van der Waals surface area contributed by atoms with Crippen molar-refractivity contribution in [2.24, 2.45) is 0 Å². The highest BCUT2D eigenvalue weighted by Crippen LogP contribution is 2.23. The quantitative estimate of drug-likeness (QED) is 0.739. The molecular formula is C9H12BrNO2. The Morgan fingerprint density at radius 2 is 2.54 bits per heavy atom. The van der Waals surface area contributed by atoms with Gasteiger partial charge in [-0.25, -0.2) is 0 Å². The zero-order chi connectivity index (χ0) is 9.73. The van der Waals surface area contributed by atoms with Crippen molar-refractivity contribution < 1.29 is 9.53 Å². The van der Waals surface area contributed by atoms with E-state index in [2.05, 4.69) is 32.0 Å². The monoisotopic (exact) mass is 245 g/mol. The molecule has 0 aromatic rings. The Labute approximate surface area is 86.3 Å². The summed E-state index contributed by atoms with van der Waals surface area (Å²) in [6.45, 7) is 3.33. The van der Waals surface area contributed by atoms with E-state index in [9.17, 15) is 4.79 Å². The minimum Gasteiger partial charge on any atom is -0.373 e. The SMILES string of the molecule is CC1(CNC(=O)C#CBr)CCCO1. The Morgan fingerprint density at radius 1 is 1.77 bits per heavy atom. The second kappa shape index (κ2) is 4.64.